The molecule has 1 aromatic carbocycles. The molecule has 154 valence electrons. The molecule has 29 heavy (non-hydrogen) atoms. The second-order valence-electron chi connectivity index (χ2n) is 7.23. The molecule has 0 unspecified atom stereocenters. The maximum Gasteiger partial charge on any atom is 0.317 e. The zero-order chi connectivity index (χ0) is 20.4. The number of benzene rings is 1. The number of methoxy groups -OCH3 is 1. The summed E-state index contributed by atoms with van der Waals surface area (Å²) in [5.41, 5.74) is 4.46. The number of carbonyl (C=O) groups is 1. The molecule has 0 aliphatic carbocycles. The van der Waals surface area contributed by atoms with Gasteiger partial charge in [-0.15, -0.1) is 11.3 Å². The Labute approximate surface area is 174 Å². The number of thiazole rings is 1. The van der Waals surface area contributed by atoms with E-state index in [1.165, 1.54) is 11.4 Å². The summed E-state index contributed by atoms with van der Waals surface area (Å²) >= 11 is 1.67. The largest absolute Gasteiger partial charge is 0.497 e. The SMILES string of the molecule is CCNC(=O)N1CCN(Cc2c(-c3cccc(OC)c3)nc3scc(C)n23)CC1. The molecular weight excluding hydrogens is 386 g/mol. The molecule has 3 aromatic rings. The van der Waals surface area contributed by atoms with Gasteiger partial charge in [-0.25, -0.2) is 9.78 Å². The Morgan fingerprint density at radius 2 is 2.07 bits per heavy atom. The normalized spacial score (nSPS) is 15.1. The molecule has 7 nitrogen and oxygen atoms in total. The standard InChI is InChI=1S/C21H27N5O2S/c1-4-22-20(27)25-10-8-24(9-11-25)13-18-19(16-6-5-7-17(12-16)28-3)23-21-26(18)15(2)14-29-21/h5-7,12,14H,4,8-11,13H2,1-3H3,(H,22,27). The van der Waals surface area contributed by atoms with E-state index in [0.717, 1.165) is 54.7 Å². The van der Waals surface area contributed by atoms with Crippen LogP contribution in [0.2, 0.25) is 0 Å². The number of nitrogens with one attached hydrogen (secondary N) is 1. The number of piperazine rings is 1. The molecule has 3 heterocycles. The van der Waals surface area contributed by atoms with Crippen molar-refractivity contribution >= 4 is 22.3 Å². The maximum atomic E-state index is 12.1. The Hall–Kier alpha value is -2.58. The quantitative estimate of drug-likeness (QED) is 0.698. The molecule has 0 radical (unpaired) electrons. The molecular formula is C21H27N5O2S. The summed E-state index contributed by atoms with van der Waals surface area (Å²) in [7, 11) is 1.68. The number of fused-ring (bicyclic) bond motifs is 1. The van der Waals surface area contributed by atoms with Gasteiger partial charge in [0.15, 0.2) is 4.96 Å². The fraction of sp³-hybridized carbons (Fsp3) is 0.429. The highest BCUT2D eigenvalue weighted by atomic mass is 32.1. The van der Waals surface area contributed by atoms with Crippen molar-refractivity contribution < 1.29 is 9.53 Å². The van der Waals surface area contributed by atoms with Gasteiger partial charge in [0.2, 0.25) is 0 Å². The monoisotopic (exact) mass is 413 g/mol. The lowest BCUT2D eigenvalue weighted by molar-refractivity contribution is 0.134. The van der Waals surface area contributed by atoms with Crippen molar-refractivity contribution in [2.24, 2.45) is 0 Å². The first-order chi connectivity index (χ1) is 14.1. The first-order valence-electron chi connectivity index (χ1n) is 9.95. The topological polar surface area (TPSA) is 62.1 Å². The van der Waals surface area contributed by atoms with Gasteiger partial charge in [-0.1, -0.05) is 12.1 Å². The van der Waals surface area contributed by atoms with E-state index in [-0.39, 0.29) is 6.03 Å². The van der Waals surface area contributed by atoms with E-state index in [1.54, 1.807) is 18.4 Å². The first-order valence-corrected chi connectivity index (χ1v) is 10.8. The predicted octanol–water partition coefficient (Wildman–Crippen LogP) is 3.23. The van der Waals surface area contributed by atoms with E-state index in [1.807, 2.05) is 30.0 Å². The highest BCUT2D eigenvalue weighted by Gasteiger charge is 2.24. The molecule has 0 atom stereocenters. The number of hydrogen-bond donors (Lipinski definition) is 1. The van der Waals surface area contributed by atoms with Gasteiger partial charge in [-0.05, 0) is 26.0 Å². The minimum absolute atomic E-state index is 0.0321. The van der Waals surface area contributed by atoms with Gasteiger partial charge >= 0.3 is 6.03 Å². The van der Waals surface area contributed by atoms with E-state index in [2.05, 4.69) is 33.0 Å². The zero-order valence-corrected chi connectivity index (χ0v) is 18.0. The third kappa shape index (κ3) is 3.95. The maximum absolute atomic E-state index is 12.1. The minimum Gasteiger partial charge on any atom is -0.497 e. The van der Waals surface area contributed by atoms with Gasteiger partial charge in [-0.2, -0.15) is 0 Å². The highest BCUT2D eigenvalue weighted by Crippen LogP contribution is 2.31. The Morgan fingerprint density at radius 1 is 1.28 bits per heavy atom. The second-order valence-corrected chi connectivity index (χ2v) is 8.07. The van der Waals surface area contributed by atoms with Crippen LogP contribution in [0.3, 0.4) is 0 Å². The average molecular weight is 414 g/mol. The van der Waals surface area contributed by atoms with Crippen LogP contribution in [-0.4, -0.2) is 65.0 Å². The summed E-state index contributed by atoms with van der Waals surface area (Å²) in [6, 6.07) is 8.11. The van der Waals surface area contributed by atoms with Crippen LogP contribution in [0.4, 0.5) is 4.79 Å². The van der Waals surface area contributed by atoms with Crippen molar-refractivity contribution in [3.05, 3.63) is 41.0 Å². The lowest BCUT2D eigenvalue weighted by Crippen LogP contribution is -2.51. The average Bonchev–Trinajstić information content (AvgIpc) is 3.29. The van der Waals surface area contributed by atoms with Crippen molar-refractivity contribution in [3.8, 4) is 17.0 Å². The van der Waals surface area contributed by atoms with Gasteiger partial charge < -0.3 is 15.0 Å². The molecule has 0 saturated carbocycles. The lowest BCUT2D eigenvalue weighted by Gasteiger charge is -2.34. The number of rotatable bonds is 5. The fourth-order valence-corrected chi connectivity index (χ4v) is 4.68. The fourth-order valence-electron chi connectivity index (χ4n) is 3.80. The third-order valence-electron chi connectivity index (χ3n) is 5.33. The van der Waals surface area contributed by atoms with E-state index >= 15 is 0 Å². The Morgan fingerprint density at radius 3 is 2.79 bits per heavy atom. The van der Waals surface area contributed by atoms with Crippen LogP contribution in [0.5, 0.6) is 5.75 Å². The second kappa shape index (κ2) is 8.42. The summed E-state index contributed by atoms with van der Waals surface area (Å²) in [6.07, 6.45) is 0. The summed E-state index contributed by atoms with van der Waals surface area (Å²) in [5.74, 6) is 0.831. The third-order valence-corrected chi connectivity index (χ3v) is 6.28. The lowest BCUT2D eigenvalue weighted by atomic mass is 10.1. The molecule has 1 aliphatic heterocycles. The number of aromatic nitrogens is 2. The van der Waals surface area contributed by atoms with Crippen LogP contribution < -0.4 is 10.1 Å². The Bertz CT molecular complexity index is 1000. The zero-order valence-electron chi connectivity index (χ0n) is 17.1. The number of carbonyl (C=O) groups excluding carboxylic acids is 1. The van der Waals surface area contributed by atoms with Crippen LogP contribution in [0.15, 0.2) is 29.6 Å². The van der Waals surface area contributed by atoms with Gasteiger partial charge in [-0.3, -0.25) is 9.30 Å². The number of aryl methyl sites for hydroxylation is 1. The van der Waals surface area contributed by atoms with Crippen LogP contribution >= 0.6 is 11.3 Å². The predicted molar refractivity (Wildman–Crippen MR) is 116 cm³/mol. The van der Waals surface area contributed by atoms with Crippen LogP contribution in [-0.2, 0) is 6.54 Å². The van der Waals surface area contributed by atoms with Gasteiger partial charge in [0.25, 0.3) is 0 Å². The van der Waals surface area contributed by atoms with Gasteiger partial charge in [0.1, 0.15) is 5.75 Å². The van der Waals surface area contributed by atoms with Crippen molar-refractivity contribution in [2.45, 2.75) is 20.4 Å². The number of imidazole rings is 1. The van der Waals surface area contributed by atoms with E-state index < -0.39 is 0 Å². The number of urea groups is 1. The molecule has 2 aromatic heterocycles. The molecule has 2 amide bonds. The molecule has 0 spiro atoms. The number of nitrogens with zero attached hydrogens (tertiary/aromatic N) is 4. The van der Waals surface area contributed by atoms with Gasteiger partial charge in [0.05, 0.1) is 18.5 Å². The van der Waals surface area contributed by atoms with Crippen LogP contribution in [0.25, 0.3) is 16.2 Å². The van der Waals surface area contributed by atoms with Crippen molar-refractivity contribution in [1.29, 1.82) is 0 Å². The molecule has 4 rings (SSSR count). The summed E-state index contributed by atoms with van der Waals surface area (Å²) in [6.45, 7) is 8.72. The summed E-state index contributed by atoms with van der Waals surface area (Å²) in [5, 5.41) is 5.04. The molecule has 1 aliphatic rings. The van der Waals surface area contributed by atoms with Crippen molar-refractivity contribution in [1.82, 2.24) is 24.5 Å². The first kappa shape index (κ1) is 19.7. The van der Waals surface area contributed by atoms with E-state index in [4.69, 9.17) is 9.72 Å². The van der Waals surface area contributed by atoms with E-state index in [9.17, 15) is 4.79 Å². The molecule has 0 bridgehead atoms. The molecule has 8 heteroatoms. The Balaban J connectivity index is 1.60. The van der Waals surface area contributed by atoms with E-state index in [0.29, 0.717) is 6.54 Å². The number of hydrogen-bond acceptors (Lipinski definition) is 5. The highest BCUT2D eigenvalue weighted by molar-refractivity contribution is 7.15. The summed E-state index contributed by atoms with van der Waals surface area (Å²) in [4.78, 5) is 22.3. The number of ether oxygens (including phenoxy) is 1. The smallest absolute Gasteiger partial charge is 0.317 e. The van der Waals surface area contributed by atoms with Crippen LogP contribution in [0.1, 0.15) is 18.3 Å². The van der Waals surface area contributed by atoms with Crippen LogP contribution in [0, 0.1) is 6.92 Å². The van der Waals surface area contributed by atoms with Gasteiger partial charge in [0, 0.05) is 55.9 Å². The number of amides is 2. The minimum atomic E-state index is 0.0321. The molecule has 1 N–H and O–H groups in total. The van der Waals surface area contributed by atoms with Crippen molar-refractivity contribution in [3.63, 3.8) is 0 Å². The van der Waals surface area contributed by atoms with Crippen molar-refractivity contribution in [2.75, 3.05) is 39.8 Å². The molecule has 1 fully saturated rings. The molecule has 1 saturated heterocycles. The Kier molecular flexibility index (Phi) is 5.73. The summed E-state index contributed by atoms with van der Waals surface area (Å²) < 4.78 is 7.67.